The number of phenols is 1. The molecule has 0 aromatic heterocycles. The van der Waals surface area contributed by atoms with Gasteiger partial charge in [0.05, 0.1) is 5.02 Å². The summed E-state index contributed by atoms with van der Waals surface area (Å²) in [5.74, 6) is -0.501. The standard InChI is InChI=1S/C14H15ClN2O3/c1-20-6-2-5-17-14(19)11(9-16)7-10-3-4-13(18)12(15)8-10/h3-4,7-8,18H,2,5-6H2,1H3,(H,17,19)/b11-7-. The molecule has 0 atom stereocenters. The fraction of sp³-hybridized carbons (Fsp3) is 0.286. The third kappa shape index (κ3) is 4.92. The van der Waals surface area contributed by atoms with E-state index in [1.807, 2.05) is 6.07 Å². The van der Waals surface area contributed by atoms with Gasteiger partial charge >= 0.3 is 0 Å². The maximum absolute atomic E-state index is 11.8. The molecule has 0 spiro atoms. The third-order valence-corrected chi connectivity index (χ3v) is 2.76. The summed E-state index contributed by atoms with van der Waals surface area (Å²) < 4.78 is 4.86. The molecule has 5 nitrogen and oxygen atoms in total. The Labute approximate surface area is 122 Å². The van der Waals surface area contributed by atoms with Crippen LogP contribution in [0.25, 0.3) is 6.08 Å². The molecule has 0 aliphatic heterocycles. The zero-order chi connectivity index (χ0) is 15.0. The van der Waals surface area contributed by atoms with E-state index in [4.69, 9.17) is 21.6 Å². The van der Waals surface area contributed by atoms with Gasteiger partial charge < -0.3 is 15.2 Å². The second kappa shape index (κ2) is 8.20. The number of hydrogen-bond acceptors (Lipinski definition) is 4. The van der Waals surface area contributed by atoms with Crippen LogP contribution in [0.3, 0.4) is 0 Å². The quantitative estimate of drug-likeness (QED) is 0.478. The van der Waals surface area contributed by atoms with Crippen molar-refractivity contribution in [1.29, 1.82) is 5.26 Å². The van der Waals surface area contributed by atoms with E-state index in [0.29, 0.717) is 25.1 Å². The monoisotopic (exact) mass is 294 g/mol. The number of aromatic hydroxyl groups is 1. The molecular weight excluding hydrogens is 280 g/mol. The van der Waals surface area contributed by atoms with Crippen LogP contribution >= 0.6 is 11.6 Å². The predicted octanol–water partition coefficient (Wildman–Crippen LogP) is 2.11. The van der Waals surface area contributed by atoms with Crippen LogP contribution in [-0.2, 0) is 9.53 Å². The van der Waals surface area contributed by atoms with Crippen LogP contribution in [0.1, 0.15) is 12.0 Å². The average molecular weight is 295 g/mol. The van der Waals surface area contributed by atoms with Crippen LogP contribution in [0.15, 0.2) is 23.8 Å². The molecule has 1 amide bonds. The van der Waals surface area contributed by atoms with Gasteiger partial charge in [-0.1, -0.05) is 17.7 Å². The number of nitriles is 1. The van der Waals surface area contributed by atoms with E-state index in [9.17, 15) is 9.90 Å². The summed E-state index contributed by atoms with van der Waals surface area (Å²) in [4.78, 5) is 11.8. The van der Waals surface area contributed by atoms with Gasteiger partial charge in [-0.3, -0.25) is 4.79 Å². The highest BCUT2D eigenvalue weighted by molar-refractivity contribution is 6.32. The second-order valence-corrected chi connectivity index (χ2v) is 4.39. The van der Waals surface area contributed by atoms with Crippen molar-refractivity contribution in [3.05, 3.63) is 34.4 Å². The van der Waals surface area contributed by atoms with Crippen molar-refractivity contribution in [1.82, 2.24) is 5.32 Å². The molecule has 1 rings (SSSR count). The van der Waals surface area contributed by atoms with Gasteiger partial charge in [0.2, 0.25) is 0 Å². The highest BCUT2D eigenvalue weighted by Gasteiger charge is 2.08. The van der Waals surface area contributed by atoms with E-state index in [1.165, 1.54) is 18.2 Å². The molecular formula is C14H15ClN2O3. The van der Waals surface area contributed by atoms with Crippen LogP contribution in [0.5, 0.6) is 5.75 Å². The number of nitrogens with zero attached hydrogens (tertiary/aromatic N) is 1. The van der Waals surface area contributed by atoms with Crippen LogP contribution < -0.4 is 5.32 Å². The summed E-state index contributed by atoms with van der Waals surface area (Å²) in [7, 11) is 1.58. The molecule has 0 heterocycles. The van der Waals surface area contributed by atoms with Crippen molar-refractivity contribution in [3.8, 4) is 11.8 Å². The Bertz CT molecular complexity index is 550. The molecule has 2 N–H and O–H groups in total. The molecule has 1 aromatic rings. The maximum Gasteiger partial charge on any atom is 0.261 e. The Hall–Kier alpha value is -2.03. The molecule has 0 fully saturated rings. The van der Waals surface area contributed by atoms with E-state index in [1.54, 1.807) is 13.2 Å². The van der Waals surface area contributed by atoms with Crippen molar-refractivity contribution in [2.24, 2.45) is 0 Å². The third-order valence-electron chi connectivity index (χ3n) is 2.46. The van der Waals surface area contributed by atoms with Crippen molar-refractivity contribution in [2.45, 2.75) is 6.42 Å². The molecule has 0 unspecified atom stereocenters. The normalized spacial score (nSPS) is 10.9. The Morgan fingerprint density at radius 3 is 2.95 bits per heavy atom. The Morgan fingerprint density at radius 2 is 2.35 bits per heavy atom. The highest BCUT2D eigenvalue weighted by atomic mass is 35.5. The number of carbonyl (C=O) groups is 1. The van der Waals surface area contributed by atoms with Crippen molar-refractivity contribution in [2.75, 3.05) is 20.3 Å². The number of carbonyl (C=O) groups excluding carboxylic acids is 1. The Kier molecular flexibility index (Phi) is 6.57. The first-order valence-electron chi connectivity index (χ1n) is 5.96. The van der Waals surface area contributed by atoms with Gasteiger partial charge in [-0.2, -0.15) is 5.26 Å². The molecule has 0 aliphatic rings. The average Bonchev–Trinajstić information content (AvgIpc) is 2.44. The van der Waals surface area contributed by atoms with Crippen molar-refractivity contribution < 1.29 is 14.6 Å². The number of amides is 1. The minimum atomic E-state index is -0.451. The van der Waals surface area contributed by atoms with E-state index in [2.05, 4.69) is 5.32 Å². The number of ether oxygens (including phenoxy) is 1. The Balaban J connectivity index is 2.74. The smallest absolute Gasteiger partial charge is 0.261 e. The molecule has 0 saturated carbocycles. The predicted molar refractivity (Wildman–Crippen MR) is 76.2 cm³/mol. The first kappa shape index (κ1) is 16.0. The lowest BCUT2D eigenvalue weighted by Crippen LogP contribution is -2.26. The summed E-state index contributed by atoms with van der Waals surface area (Å²) in [5.41, 5.74) is 0.542. The van der Waals surface area contributed by atoms with Gasteiger partial charge in [-0.05, 0) is 30.2 Å². The van der Waals surface area contributed by atoms with Crippen LogP contribution in [-0.4, -0.2) is 31.3 Å². The molecule has 0 radical (unpaired) electrons. The van der Waals surface area contributed by atoms with Gasteiger partial charge in [-0.15, -0.1) is 0 Å². The van der Waals surface area contributed by atoms with Crippen molar-refractivity contribution >= 4 is 23.6 Å². The highest BCUT2D eigenvalue weighted by Crippen LogP contribution is 2.24. The number of methoxy groups -OCH3 is 1. The maximum atomic E-state index is 11.8. The van der Waals surface area contributed by atoms with Crippen LogP contribution in [0.2, 0.25) is 5.02 Å². The molecule has 0 bridgehead atoms. The first-order valence-corrected chi connectivity index (χ1v) is 6.33. The molecule has 106 valence electrons. The number of benzene rings is 1. The number of phenolic OH excluding ortho intramolecular Hbond substituents is 1. The van der Waals surface area contributed by atoms with Crippen molar-refractivity contribution in [3.63, 3.8) is 0 Å². The number of halogens is 1. The second-order valence-electron chi connectivity index (χ2n) is 3.98. The lowest BCUT2D eigenvalue weighted by Gasteiger charge is -2.04. The van der Waals surface area contributed by atoms with Crippen LogP contribution in [0, 0.1) is 11.3 Å². The fourth-order valence-corrected chi connectivity index (χ4v) is 1.63. The molecule has 20 heavy (non-hydrogen) atoms. The van der Waals surface area contributed by atoms with Gasteiger partial charge in [-0.25, -0.2) is 0 Å². The topological polar surface area (TPSA) is 82.3 Å². The van der Waals surface area contributed by atoms with E-state index >= 15 is 0 Å². The minimum Gasteiger partial charge on any atom is -0.506 e. The fourth-order valence-electron chi connectivity index (χ4n) is 1.44. The SMILES string of the molecule is COCCCNC(=O)/C(C#N)=C\c1ccc(O)c(Cl)c1. The summed E-state index contributed by atoms with van der Waals surface area (Å²) in [6.45, 7) is 0.974. The molecule has 1 aromatic carbocycles. The van der Waals surface area contributed by atoms with E-state index in [0.717, 1.165) is 0 Å². The zero-order valence-corrected chi connectivity index (χ0v) is 11.8. The van der Waals surface area contributed by atoms with Gasteiger partial charge in [0, 0.05) is 20.3 Å². The first-order chi connectivity index (χ1) is 9.58. The van der Waals surface area contributed by atoms with E-state index in [-0.39, 0.29) is 16.3 Å². The van der Waals surface area contributed by atoms with Crippen LogP contribution in [0.4, 0.5) is 0 Å². The molecule has 0 saturated heterocycles. The lowest BCUT2D eigenvalue weighted by molar-refractivity contribution is -0.117. The zero-order valence-electron chi connectivity index (χ0n) is 11.0. The van der Waals surface area contributed by atoms with Gasteiger partial charge in [0.15, 0.2) is 0 Å². The summed E-state index contributed by atoms with van der Waals surface area (Å²) >= 11 is 5.76. The van der Waals surface area contributed by atoms with E-state index < -0.39 is 5.91 Å². The summed E-state index contributed by atoms with van der Waals surface area (Å²) in [6.07, 6.45) is 2.09. The Morgan fingerprint density at radius 1 is 1.60 bits per heavy atom. The molecule has 0 aliphatic carbocycles. The summed E-state index contributed by atoms with van der Waals surface area (Å²) in [6, 6.07) is 6.28. The van der Waals surface area contributed by atoms with Gasteiger partial charge in [0.1, 0.15) is 17.4 Å². The number of nitrogens with one attached hydrogen (secondary N) is 1. The summed E-state index contributed by atoms with van der Waals surface area (Å²) in [5, 5.41) is 21.1. The molecule has 6 heteroatoms. The van der Waals surface area contributed by atoms with Gasteiger partial charge in [0.25, 0.3) is 5.91 Å². The lowest BCUT2D eigenvalue weighted by atomic mass is 10.1. The number of hydrogen-bond donors (Lipinski definition) is 2. The minimum absolute atomic E-state index is 0.0239. The number of rotatable bonds is 6. The largest absolute Gasteiger partial charge is 0.506 e.